The van der Waals surface area contributed by atoms with Gasteiger partial charge in [0.05, 0.1) is 5.02 Å². The Hall–Kier alpha value is -0.890. The highest BCUT2D eigenvalue weighted by molar-refractivity contribution is 6.34. The normalized spacial score (nSPS) is 10.7. The predicted octanol–water partition coefficient (Wildman–Crippen LogP) is 4.10. The first kappa shape index (κ1) is 12.2. The van der Waals surface area contributed by atoms with Gasteiger partial charge in [-0.2, -0.15) is 0 Å². The molecule has 0 amide bonds. The number of hydrogen-bond acceptors (Lipinski definition) is 1. The van der Waals surface area contributed by atoms with E-state index >= 15 is 0 Å². The van der Waals surface area contributed by atoms with Crippen LogP contribution in [0.2, 0.25) is 5.02 Å². The van der Waals surface area contributed by atoms with Crippen molar-refractivity contribution in [3.8, 4) is 0 Å². The molecule has 0 spiro atoms. The lowest BCUT2D eigenvalue weighted by Crippen LogP contribution is -2.13. The number of rotatable bonds is 4. The molecule has 1 aromatic carbocycles. The Balaban J connectivity index is 3.00. The summed E-state index contributed by atoms with van der Waals surface area (Å²) < 4.78 is 12.8. The van der Waals surface area contributed by atoms with E-state index in [2.05, 4.69) is 0 Å². The fraction of sp³-hybridized carbons (Fsp3) is 0.417. The number of hydrogen-bond donors (Lipinski definition) is 0. The predicted molar refractivity (Wildman–Crippen MR) is 59.8 cm³/mol. The molecule has 0 radical (unpaired) electrons. The lowest BCUT2D eigenvalue weighted by molar-refractivity contribution is 0.0913. The second-order valence-corrected chi connectivity index (χ2v) is 3.91. The number of carbonyl (C=O) groups is 1. The molecule has 1 nitrogen and oxygen atoms in total. The standard InChI is InChI=1S/C12H14ClFO/c1-3-8(4-2)12(15)10-6-5-9(14)7-11(10)13/h5-8H,3-4H2,1-2H3. The molecular weight excluding hydrogens is 215 g/mol. The molecule has 82 valence electrons. The highest BCUT2D eigenvalue weighted by Crippen LogP contribution is 2.23. The van der Waals surface area contributed by atoms with Gasteiger partial charge in [-0.05, 0) is 31.0 Å². The van der Waals surface area contributed by atoms with Crippen molar-refractivity contribution < 1.29 is 9.18 Å². The summed E-state index contributed by atoms with van der Waals surface area (Å²) in [7, 11) is 0. The summed E-state index contributed by atoms with van der Waals surface area (Å²) in [6, 6.07) is 3.90. The summed E-state index contributed by atoms with van der Waals surface area (Å²) in [6.07, 6.45) is 1.56. The first-order chi connectivity index (χ1) is 7.10. The van der Waals surface area contributed by atoms with Gasteiger partial charge >= 0.3 is 0 Å². The van der Waals surface area contributed by atoms with Crippen molar-refractivity contribution >= 4 is 17.4 Å². The summed E-state index contributed by atoms with van der Waals surface area (Å²) in [6.45, 7) is 3.92. The topological polar surface area (TPSA) is 17.1 Å². The molecule has 15 heavy (non-hydrogen) atoms. The smallest absolute Gasteiger partial charge is 0.167 e. The van der Waals surface area contributed by atoms with E-state index in [0.29, 0.717) is 5.56 Å². The second kappa shape index (κ2) is 5.26. The maximum absolute atomic E-state index is 12.8. The minimum absolute atomic E-state index is 0.00463. The number of benzene rings is 1. The molecular formula is C12H14ClFO. The van der Waals surface area contributed by atoms with Crippen LogP contribution in [0.4, 0.5) is 4.39 Å². The van der Waals surface area contributed by atoms with E-state index < -0.39 is 5.82 Å². The number of carbonyl (C=O) groups excluding carboxylic acids is 1. The molecule has 0 fully saturated rings. The molecule has 0 saturated carbocycles. The Morgan fingerprint density at radius 3 is 2.47 bits per heavy atom. The van der Waals surface area contributed by atoms with Gasteiger partial charge < -0.3 is 0 Å². The fourth-order valence-electron chi connectivity index (χ4n) is 1.57. The summed E-state index contributed by atoms with van der Waals surface area (Å²) in [4.78, 5) is 11.9. The first-order valence-corrected chi connectivity index (χ1v) is 5.47. The first-order valence-electron chi connectivity index (χ1n) is 5.09. The Morgan fingerprint density at radius 1 is 1.40 bits per heavy atom. The van der Waals surface area contributed by atoms with Crippen molar-refractivity contribution in [3.05, 3.63) is 34.6 Å². The summed E-state index contributed by atoms with van der Waals surface area (Å²) in [5, 5.41) is 0.201. The van der Waals surface area contributed by atoms with E-state index in [0.717, 1.165) is 12.8 Å². The molecule has 0 aliphatic heterocycles. The van der Waals surface area contributed by atoms with Crippen molar-refractivity contribution in [2.75, 3.05) is 0 Å². The third-order valence-corrected chi connectivity index (χ3v) is 2.87. The largest absolute Gasteiger partial charge is 0.294 e. The van der Waals surface area contributed by atoms with Crippen molar-refractivity contribution in [1.29, 1.82) is 0 Å². The summed E-state index contributed by atoms with van der Waals surface area (Å²) in [5.74, 6) is -0.431. The molecule has 3 heteroatoms. The van der Waals surface area contributed by atoms with Gasteiger partial charge in [-0.15, -0.1) is 0 Å². The van der Waals surface area contributed by atoms with Crippen molar-refractivity contribution in [1.82, 2.24) is 0 Å². The van der Waals surface area contributed by atoms with Gasteiger partial charge in [0.2, 0.25) is 0 Å². The second-order valence-electron chi connectivity index (χ2n) is 3.50. The quantitative estimate of drug-likeness (QED) is 0.710. The van der Waals surface area contributed by atoms with E-state index in [9.17, 15) is 9.18 Å². The summed E-state index contributed by atoms with van der Waals surface area (Å²) in [5.41, 5.74) is 0.423. The lowest BCUT2D eigenvalue weighted by Gasteiger charge is -2.11. The van der Waals surface area contributed by atoms with Crippen LogP contribution in [0.25, 0.3) is 0 Å². The van der Waals surface area contributed by atoms with Crippen LogP contribution in [0.15, 0.2) is 18.2 Å². The fourth-order valence-corrected chi connectivity index (χ4v) is 1.83. The van der Waals surface area contributed by atoms with E-state index in [1.807, 2.05) is 13.8 Å². The molecule has 0 heterocycles. The Kier molecular flexibility index (Phi) is 4.28. The van der Waals surface area contributed by atoms with E-state index in [4.69, 9.17) is 11.6 Å². The van der Waals surface area contributed by atoms with Gasteiger partial charge in [0.25, 0.3) is 0 Å². The molecule has 1 aromatic rings. The minimum atomic E-state index is -0.416. The van der Waals surface area contributed by atoms with E-state index in [1.54, 1.807) is 0 Å². The number of halogens is 2. The van der Waals surface area contributed by atoms with E-state index in [1.165, 1.54) is 18.2 Å². The molecule has 0 N–H and O–H groups in total. The van der Waals surface area contributed by atoms with Crippen LogP contribution >= 0.6 is 11.6 Å². The Bertz CT molecular complexity index is 359. The highest BCUT2D eigenvalue weighted by atomic mass is 35.5. The van der Waals surface area contributed by atoms with Gasteiger partial charge in [0.15, 0.2) is 5.78 Å². The average Bonchev–Trinajstić information content (AvgIpc) is 2.19. The zero-order chi connectivity index (χ0) is 11.4. The number of Topliss-reactive ketones (excluding diaryl/α,β-unsaturated/α-hetero) is 1. The lowest BCUT2D eigenvalue weighted by atomic mass is 9.93. The molecule has 1 rings (SSSR count). The van der Waals surface area contributed by atoms with Crippen LogP contribution < -0.4 is 0 Å². The van der Waals surface area contributed by atoms with Gasteiger partial charge in [0, 0.05) is 11.5 Å². The van der Waals surface area contributed by atoms with Crippen LogP contribution in [0.3, 0.4) is 0 Å². The SMILES string of the molecule is CCC(CC)C(=O)c1ccc(F)cc1Cl. The number of ketones is 1. The van der Waals surface area contributed by atoms with Gasteiger partial charge in [-0.1, -0.05) is 25.4 Å². The zero-order valence-electron chi connectivity index (χ0n) is 8.89. The van der Waals surface area contributed by atoms with Crippen LogP contribution in [0.5, 0.6) is 0 Å². The Labute approximate surface area is 94.3 Å². The van der Waals surface area contributed by atoms with Crippen LogP contribution in [0.1, 0.15) is 37.0 Å². The van der Waals surface area contributed by atoms with Crippen molar-refractivity contribution in [2.24, 2.45) is 5.92 Å². The maximum Gasteiger partial charge on any atom is 0.167 e. The minimum Gasteiger partial charge on any atom is -0.294 e. The monoisotopic (exact) mass is 228 g/mol. The molecule has 0 bridgehead atoms. The highest BCUT2D eigenvalue weighted by Gasteiger charge is 2.18. The molecule has 0 aliphatic rings. The van der Waals surface area contributed by atoms with Crippen molar-refractivity contribution in [3.63, 3.8) is 0 Å². The van der Waals surface area contributed by atoms with Gasteiger partial charge in [0.1, 0.15) is 5.82 Å². The maximum atomic E-state index is 12.8. The van der Waals surface area contributed by atoms with Crippen LogP contribution in [0, 0.1) is 11.7 Å². The molecule has 0 unspecified atom stereocenters. The third kappa shape index (κ3) is 2.78. The van der Waals surface area contributed by atoms with Gasteiger partial charge in [-0.25, -0.2) is 4.39 Å². The van der Waals surface area contributed by atoms with Gasteiger partial charge in [-0.3, -0.25) is 4.79 Å². The van der Waals surface area contributed by atoms with E-state index in [-0.39, 0.29) is 16.7 Å². The summed E-state index contributed by atoms with van der Waals surface area (Å²) >= 11 is 5.82. The zero-order valence-corrected chi connectivity index (χ0v) is 9.64. The Morgan fingerprint density at radius 2 is 2.00 bits per heavy atom. The molecule has 0 aliphatic carbocycles. The van der Waals surface area contributed by atoms with Crippen LogP contribution in [-0.4, -0.2) is 5.78 Å². The van der Waals surface area contributed by atoms with Crippen LogP contribution in [-0.2, 0) is 0 Å². The molecule has 0 saturated heterocycles. The third-order valence-electron chi connectivity index (χ3n) is 2.55. The average molecular weight is 229 g/mol. The molecule has 0 atom stereocenters. The molecule has 0 aromatic heterocycles. The van der Waals surface area contributed by atoms with Crippen molar-refractivity contribution in [2.45, 2.75) is 26.7 Å².